The normalized spacial score (nSPS) is 19.3. The molecule has 2 aliphatic heterocycles. The summed E-state index contributed by atoms with van der Waals surface area (Å²) in [6.07, 6.45) is 8.39. The summed E-state index contributed by atoms with van der Waals surface area (Å²) >= 11 is 0. The monoisotopic (exact) mass is 360 g/mol. The topological polar surface area (TPSA) is 106 Å². The number of anilines is 1. The quantitative estimate of drug-likeness (QED) is 0.902. The first kappa shape index (κ1) is 15.7. The van der Waals surface area contributed by atoms with E-state index in [1.807, 2.05) is 30.5 Å². The largest absolute Gasteiger partial charge is 0.364 e. The highest BCUT2D eigenvalue weighted by atomic mass is 16.1. The van der Waals surface area contributed by atoms with Gasteiger partial charge in [-0.15, -0.1) is 10.2 Å². The van der Waals surface area contributed by atoms with Crippen molar-refractivity contribution in [3.05, 3.63) is 76.4 Å². The molecule has 1 aromatic heterocycles. The standard InChI is InChI=1S/C19H16N6O2/c20-18(27)17-16-14(22-23-17)10-24(11-19(16)5-6-19)12-1-3-13(4-2-12)25-8-7-21-9-15(25)26/h1-4,7-10H,5-6,11H2,(H2,20,27). The van der Waals surface area contributed by atoms with Crippen molar-refractivity contribution in [3.8, 4) is 5.69 Å². The maximum absolute atomic E-state index is 11.9. The summed E-state index contributed by atoms with van der Waals surface area (Å²) in [6.45, 7) is 0.752. The zero-order valence-electron chi connectivity index (χ0n) is 14.4. The van der Waals surface area contributed by atoms with E-state index in [0.717, 1.165) is 36.3 Å². The summed E-state index contributed by atoms with van der Waals surface area (Å²) in [5.41, 5.74) is 8.84. The fourth-order valence-corrected chi connectivity index (χ4v) is 3.80. The van der Waals surface area contributed by atoms with Crippen molar-refractivity contribution >= 4 is 11.6 Å². The van der Waals surface area contributed by atoms with Crippen molar-refractivity contribution in [1.29, 1.82) is 0 Å². The minimum Gasteiger partial charge on any atom is -0.364 e. The van der Waals surface area contributed by atoms with Crippen molar-refractivity contribution in [2.75, 3.05) is 11.4 Å². The van der Waals surface area contributed by atoms with Crippen molar-refractivity contribution in [3.63, 3.8) is 0 Å². The van der Waals surface area contributed by atoms with Gasteiger partial charge in [-0.1, -0.05) is 0 Å². The van der Waals surface area contributed by atoms with Gasteiger partial charge in [-0.3, -0.25) is 19.1 Å². The maximum atomic E-state index is 11.9. The number of nitrogens with zero attached hydrogens (tertiary/aromatic N) is 5. The number of carbonyl (C=O) groups is 1. The summed E-state index contributed by atoms with van der Waals surface area (Å²) in [5, 5.41) is 8.16. The van der Waals surface area contributed by atoms with E-state index in [4.69, 9.17) is 5.73 Å². The van der Waals surface area contributed by atoms with Crippen molar-refractivity contribution in [1.82, 2.24) is 9.55 Å². The fourth-order valence-electron chi connectivity index (χ4n) is 3.80. The highest BCUT2D eigenvalue weighted by Gasteiger charge is 2.53. The van der Waals surface area contributed by atoms with Gasteiger partial charge in [0.15, 0.2) is 5.70 Å². The van der Waals surface area contributed by atoms with Crippen LogP contribution in [0.3, 0.4) is 0 Å². The van der Waals surface area contributed by atoms with Gasteiger partial charge in [0.1, 0.15) is 5.70 Å². The second-order valence-electron chi connectivity index (χ2n) is 7.01. The van der Waals surface area contributed by atoms with Gasteiger partial charge in [0.05, 0.1) is 6.20 Å². The summed E-state index contributed by atoms with van der Waals surface area (Å²) in [6, 6.07) is 7.71. The minimum absolute atomic E-state index is 0.0986. The summed E-state index contributed by atoms with van der Waals surface area (Å²) in [4.78, 5) is 29.5. The van der Waals surface area contributed by atoms with E-state index in [1.54, 1.807) is 17.0 Å². The molecule has 8 heteroatoms. The number of hydrogen-bond acceptors (Lipinski definition) is 6. The molecule has 0 unspecified atom stereocenters. The maximum Gasteiger partial charge on any atom is 0.273 e. The molecular formula is C19H16N6O2. The molecule has 8 nitrogen and oxygen atoms in total. The molecule has 2 N–H and O–H groups in total. The molecule has 1 saturated carbocycles. The van der Waals surface area contributed by atoms with Gasteiger partial charge in [-0.2, -0.15) is 0 Å². The minimum atomic E-state index is -0.524. The van der Waals surface area contributed by atoms with Gasteiger partial charge in [-0.05, 0) is 37.1 Å². The highest BCUT2D eigenvalue weighted by molar-refractivity contribution is 5.94. The fraction of sp³-hybridized carbons (Fsp3) is 0.211. The lowest BCUT2D eigenvalue weighted by molar-refractivity contribution is -0.114. The molecule has 0 radical (unpaired) electrons. The van der Waals surface area contributed by atoms with Gasteiger partial charge in [0.25, 0.3) is 11.5 Å². The van der Waals surface area contributed by atoms with Crippen LogP contribution < -0.4 is 16.2 Å². The van der Waals surface area contributed by atoms with Gasteiger partial charge in [0, 0.05) is 47.5 Å². The zero-order valence-corrected chi connectivity index (χ0v) is 14.4. The highest BCUT2D eigenvalue weighted by Crippen LogP contribution is 2.59. The molecule has 0 atom stereocenters. The number of nitrogens with two attached hydrogens (primary N) is 1. The van der Waals surface area contributed by atoms with E-state index in [-0.39, 0.29) is 11.0 Å². The lowest BCUT2D eigenvalue weighted by atomic mass is 9.88. The van der Waals surface area contributed by atoms with Crippen LogP contribution in [-0.4, -0.2) is 22.0 Å². The average molecular weight is 360 g/mol. The molecule has 1 aromatic carbocycles. The summed E-state index contributed by atoms with van der Waals surface area (Å²) < 4.78 is 1.54. The van der Waals surface area contributed by atoms with E-state index < -0.39 is 5.91 Å². The second-order valence-corrected chi connectivity index (χ2v) is 7.01. The predicted molar refractivity (Wildman–Crippen MR) is 98.0 cm³/mol. The molecule has 134 valence electrons. The Labute approximate surface area is 154 Å². The Hall–Kier alpha value is -3.55. The summed E-state index contributed by atoms with van der Waals surface area (Å²) in [7, 11) is 0. The van der Waals surface area contributed by atoms with Crippen LogP contribution in [0.4, 0.5) is 5.69 Å². The number of allylic oxidation sites excluding steroid dienone is 1. The van der Waals surface area contributed by atoms with Crippen LogP contribution in [0.15, 0.2) is 81.0 Å². The molecule has 2 aromatic rings. The molecule has 0 bridgehead atoms. The number of rotatable bonds is 3. The van der Waals surface area contributed by atoms with Crippen LogP contribution in [0.2, 0.25) is 0 Å². The van der Waals surface area contributed by atoms with Gasteiger partial charge < -0.3 is 10.6 Å². The predicted octanol–water partition coefficient (Wildman–Crippen LogP) is 1.88. The molecule has 1 fully saturated rings. The molecule has 3 aliphatic rings. The first-order valence-corrected chi connectivity index (χ1v) is 8.66. The second kappa shape index (κ2) is 5.47. The first-order valence-electron chi connectivity index (χ1n) is 8.66. The van der Waals surface area contributed by atoms with E-state index >= 15 is 0 Å². The molecule has 27 heavy (non-hydrogen) atoms. The molecule has 5 rings (SSSR count). The molecule has 3 heterocycles. The number of carbonyl (C=O) groups excluding carboxylic acids is 1. The number of amides is 1. The lowest BCUT2D eigenvalue weighted by Gasteiger charge is -2.32. The van der Waals surface area contributed by atoms with Crippen LogP contribution in [-0.2, 0) is 4.79 Å². The summed E-state index contributed by atoms with van der Waals surface area (Å²) in [5.74, 6) is -0.524. The van der Waals surface area contributed by atoms with Crippen molar-refractivity contribution in [2.24, 2.45) is 21.4 Å². The van der Waals surface area contributed by atoms with Crippen LogP contribution >= 0.6 is 0 Å². The van der Waals surface area contributed by atoms with E-state index in [0.29, 0.717) is 11.4 Å². The Morgan fingerprint density at radius 1 is 1.11 bits per heavy atom. The Balaban J connectivity index is 1.50. The van der Waals surface area contributed by atoms with E-state index in [9.17, 15) is 9.59 Å². The Morgan fingerprint density at radius 2 is 1.85 bits per heavy atom. The third-order valence-corrected chi connectivity index (χ3v) is 5.30. The van der Waals surface area contributed by atoms with Crippen LogP contribution in [0.25, 0.3) is 5.69 Å². The molecular weight excluding hydrogens is 344 g/mol. The van der Waals surface area contributed by atoms with Crippen LogP contribution in [0, 0.1) is 5.41 Å². The van der Waals surface area contributed by atoms with Crippen molar-refractivity contribution < 1.29 is 4.79 Å². The smallest absolute Gasteiger partial charge is 0.273 e. The van der Waals surface area contributed by atoms with Gasteiger partial charge >= 0.3 is 0 Å². The third-order valence-electron chi connectivity index (χ3n) is 5.30. The number of aromatic nitrogens is 2. The van der Waals surface area contributed by atoms with Gasteiger partial charge in [-0.25, -0.2) is 0 Å². The molecule has 0 saturated heterocycles. The molecule has 1 aliphatic carbocycles. The van der Waals surface area contributed by atoms with Crippen LogP contribution in [0.1, 0.15) is 12.8 Å². The number of fused-ring (bicyclic) bond motifs is 2. The Morgan fingerprint density at radius 3 is 2.52 bits per heavy atom. The number of azo groups is 1. The van der Waals surface area contributed by atoms with E-state index in [2.05, 4.69) is 20.1 Å². The zero-order chi connectivity index (χ0) is 18.6. The Bertz CT molecular complexity index is 1110. The lowest BCUT2D eigenvalue weighted by Crippen LogP contribution is -2.33. The van der Waals surface area contributed by atoms with Gasteiger partial charge in [0.2, 0.25) is 0 Å². The first-order chi connectivity index (χ1) is 13.1. The number of hydrogen-bond donors (Lipinski definition) is 1. The van der Waals surface area contributed by atoms with E-state index in [1.165, 1.54) is 6.20 Å². The number of primary amides is 1. The Kier molecular flexibility index (Phi) is 3.18. The van der Waals surface area contributed by atoms with Crippen LogP contribution in [0.5, 0.6) is 0 Å². The molecule has 1 amide bonds. The van der Waals surface area contributed by atoms with Crippen molar-refractivity contribution in [2.45, 2.75) is 12.8 Å². The third kappa shape index (κ3) is 2.41. The number of benzene rings is 1. The molecule has 1 spiro atoms. The SMILES string of the molecule is NC(=O)C1=C2C(=CN(c3ccc(-n4ccncc4=O)cc3)CC23CC3)N=N1. The average Bonchev–Trinajstić information content (AvgIpc) is 3.28.